The first-order valence-corrected chi connectivity index (χ1v) is 9.05. The molecule has 2 aromatic rings. The molecule has 126 valence electrons. The highest BCUT2D eigenvalue weighted by Gasteiger charge is 2.34. The molecule has 3 rings (SSSR count). The van der Waals surface area contributed by atoms with Gasteiger partial charge in [0.05, 0.1) is 0 Å². The fraction of sp³-hybridized carbons (Fsp3) is 0.391. The maximum Gasteiger partial charge on any atom is 0.131 e. The van der Waals surface area contributed by atoms with E-state index < -0.39 is 0 Å². The van der Waals surface area contributed by atoms with E-state index in [9.17, 15) is 0 Å². The summed E-state index contributed by atoms with van der Waals surface area (Å²) in [5.74, 6) is 3.04. The third-order valence-electron chi connectivity index (χ3n) is 5.35. The molecular weight excluding hydrogens is 292 g/mol. The van der Waals surface area contributed by atoms with Crippen LogP contribution in [-0.2, 0) is 0 Å². The highest BCUT2D eigenvalue weighted by molar-refractivity contribution is 5.73. The Morgan fingerprint density at radius 2 is 1.75 bits per heavy atom. The van der Waals surface area contributed by atoms with Crippen molar-refractivity contribution in [3.05, 3.63) is 66.2 Å². The van der Waals surface area contributed by atoms with E-state index >= 15 is 0 Å². The third-order valence-corrected chi connectivity index (χ3v) is 5.35. The van der Waals surface area contributed by atoms with Gasteiger partial charge in [0.25, 0.3) is 0 Å². The largest absolute Gasteiger partial charge is 0.489 e. The zero-order chi connectivity index (χ0) is 17.1. The van der Waals surface area contributed by atoms with Crippen molar-refractivity contribution in [2.75, 3.05) is 6.61 Å². The standard InChI is InChI=1S/C23H28O/c1-5-13-24-23-20(19-9-7-6-8-10-19)14-16(2)15-21(23)22-17(3)11-12-18(22)4/h5-10,14-15,17-18,22H,1,11-13H2,2-4H3. The minimum absolute atomic E-state index is 0.547. The van der Waals surface area contributed by atoms with Crippen LogP contribution < -0.4 is 4.74 Å². The Kier molecular flexibility index (Phi) is 5.08. The summed E-state index contributed by atoms with van der Waals surface area (Å²) in [4.78, 5) is 0. The van der Waals surface area contributed by atoms with Gasteiger partial charge in [0.2, 0.25) is 0 Å². The van der Waals surface area contributed by atoms with Crippen LogP contribution in [0.2, 0.25) is 0 Å². The van der Waals surface area contributed by atoms with Gasteiger partial charge in [0.15, 0.2) is 0 Å². The number of benzene rings is 2. The fourth-order valence-electron chi connectivity index (χ4n) is 4.24. The van der Waals surface area contributed by atoms with E-state index in [0.717, 1.165) is 5.75 Å². The van der Waals surface area contributed by atoms with Crippen LogP contribution in [0.25, 0.3) is 11.1 Å². The molecule has 24 heavy (non-hydrogen) atoms. The van der Waals surface area contributed by atoms with E-state index in [2.05, 4.69) is 69.8 Å². The van der Waals surface area contributed by atoms with Crippen molar-refractivity contribution in [1.29, 1.82) is 0 Å². The minimum atomic E-state index is 0.547. The first kappa shape index (κ1) is 16.8. The van der Waals surface area contributed by atoms with Gasteiger partial charge in [-0.25, -0.2) is 0 Å². The number of hydrogen-bond acceptors (Lipinski definition) is 1. The second kappa shape index (κ2) is 7.25. The van der Waals surface area contributed by atoms with E-state index in [4.69, 9.17) is 4.74 Å². The lowest BCUT2D eigenvalue weighted by Crippen LogP contribution is -2.12. The molecule has 1 saturated carbocycles. The molecule has 1 heteroatoms. The van der Waals surface area contributed by atoms with Crippen molar-refractivity contribution in [3.63, 3.8) is 0 Å². The Labute approximate surface area is 146 Å². The topological polar surface area (TPSA) is 9.23 Å². The van der Waals surface area contributed by atoms with Crippen LogP contribution in [0.15, 0.2) is 55.1 Å². The van der Waals surface area contributed by atoms with Crippen molar-refractivity contribution >= 4 is 0 Å². The van der Waals surface area contributed by atoms with Crippen LogP contribution in [-0.4, -0.2) is 6.61 Å². The molecule has 0 saturated heterocycles. The first-order chi connectivity index (χ1) is 11.6. The lowest BCUT2D eigenvalue weighted by molar-refractivity contribution is 0.347. The molecule has 1 fully saturated rings. The summed E-state index contributed by atoms with van der Waals surface area (Å²) in [5, 5.41) is 0. The predicted molar refractivity (Wildman–Crippen MR) is 103 cm³/mol. The van der Waals surface area contributed by atoms with Crippen molar-refractivity contribution in [2.45, 2.75) is 39.5 Å². The monoisotopic (exact) mass is 320 g/mol. The lowest BCUT2D eigenvalue weighted by atomic mass is 9.82. The van der Waals surface area contributed by atoms with Gasteiger partial charge >= 0.3 is 0 Å². The Morgan fingerprint density at radius 3 is 2.38 bits per heavy atom. The molecule has 0 aromatic heterocycles. The molecular formula is C23H28O. The zero-order valence-corrected chi connectivity index (χ0v) is 15.1. The minimum Gasteiger partial charge on any atom is -0.489 e. The Balaban J connectivity index is 2.17. The van der Waals surface area contributed by atoms with Gasteiger partial charge in [-0.2, -0.15) is 0 Å². The molecule has 2 atom stereocenters. The molecule has 0 aliphatic heterocycles. The van der Waals surface area contributed by atoms with Crippen LogP contribution in [0.3, 0.4) is 0 Å². The van der Waals surface area contributed by atoms with Crippen LogP contribution in [0, 0.1) is 18.8 Å². The molecule has 1 aliphatic rings. The molecule has 0 heterocycles. The number of aryl methyl sites for hydroxylation is 1. The van der Waals surface area contributed by atoms with Crippen molar-refractivity contribution in [1.82, 2.24) is 0 Å². The van der Waals surface area contributed by atoms with Crippen LogP contribution in [0.5, 0.6) is 5.75 Å². The van der Waals surface area contributed by atoms with Crippen LogP contribution in [0.1, 0.15) is 43.7 Å². The van der Waals surface area contributed by atoms with E-state index in [1.54, 1.807) is 0 Å². The number of hydrogen-bond donors (Lipinski definition) is 0. The van der Waals surface area contributed by atoms with Gasteiger partial charge in [0, 0.05) is 5.56 Å². The molecule has 0 bridgehead atoms. The average molecular weight is 320 g/mol. The molecule has 1 nitrogen and oxygen atoms in total. The Morgan fingerprint density at radius 1 is 1.08 bits per heavy atom. The van der Waals surface area contributed by atoms with Crippen molar-refractivity contribution in [2.24, 2.45) is 11.8 Å². The van der Waals surface area contributed by atoms with Gasteiger partial charge in [-0.15, -0.1) is 0 Å². The van der Waals surface area contributed by atoms with Crippen LogP contribution >= 0.6 is 0 Å². The normalized spacial score (nSPS) is 23.2. The summed E-state index contributed by atoms with van der Waals surface area (Å²) >= 11 is 0. The summed E-state index contributed by atoms with van der Waals surface area (Å²) in [6, 6.07) is 15.2. The average Bonchev–Trinajstić information content (AvgIpc) is 2.92. The second-order valence-electron chi connectivity index (χ2n) is 7.25. The smallest absolute Gasteiger partial charge is 0.131 e. The van der Waals surface area contributed by atoms with Gasteiger partial charge in [-0.1, -0.05) is 62.9 Å². The second-order valence-corrected chi connectivity index (χ2v) is 7.25. The summed E-state index contributed by atoms with van der Waals surface area (Å²) in [6.45, 7) is 11.3. The molecule has 0 amide bonds. The highest BCUT2D eigenvalue weighted by Crippen LogP contribution is 2.49. The quantitative estimate of drug-likeness (QED) is 0.581. The molecule has 0 radical (unpaired) electrons. The van der Waals surface area contributed by atoms with Gasteiger partial charge in [0.1, 0.15) is 12.4 Å². The summed E-state index contributed by atoms with van der Waals surface area (Å²) in [6.07, 6.45) is 4.45. The third kappa shape index (κ3) is 3.26. The molecule has 1 aliphatic carbocycles. The van der Waals surface area contributed by atoms with Gasteiger partial charge < -0.3 is 4.74 Å². The lowest BCUT2D eigenvalue weighted by Gasteiger charge is -2.26. The fourth-order valence-corrected chi connectivity index (χ4v) is 4.24. The molecule has 0 spiro atoms. The van der Waals surface area contributed by atoms with E-state index in [1.807, 2.05) is 6.08 Å². The Hall–Kier alpha value is -2.02. The van der Waals surface area contributed by atoms with E-state index in [1.165, 1.54) is 35.1 Å². The van der Waals surface area contributed by atoms with Crippen molar-refractivity contribution in [3.8, 4) is 16.9 Å². The zero-order valence-electron chi connectivity index (χ0n) is 15.1. The highest BCUT2D eigenvalue weighted by atomic mass is 16.5. The van der Waals surface area contributed by atoms with E-state index in [0.29, 0.717) is 24.4 Å². The first-order valence-electron chi connectivity index (χ1n) is 9.05. The Bertz CT molecular complexity index is 691. The molecule has 2 aromatic carbocycles. The summed E-state index contributed by atoms with van der Waals surface area (Å²) in [5.41, 5.74) is 5.12. The SMILES string of the molecule is C=CCOc1c(-c2ccccc2)cc(C)cc1C1C(C)CCC1C. The molecule has 2 unspecified atom stereocenters. The van der Waals surface area contributed by atoms with E-state index in [-0.39, 0.29) is 0 Å². The van der Waals surface area contributed by atoms with Crippen LogP contribution in [0.4, 0.5) is 0 Å². The maximum absolute atomic E-state index is 6.22. The predicted octanol–water partition coefficient (Wildman–Crippen LogP) is 6.38. The van der Waals surface area contributed by atoms with Gasteiger partial charge in [-0.3, -0.25) is 0 Å². The molecule has 0 N–H and O–H groups in total. The summed E-state index contributed by atoms with van der Waals surface area (Å²) < 4.78 is 6.22. The van der Waals surface area contributed by atoms with Crippen molar-refractivity contribution < 1.29 is 4.74 Å². The maximum atomic E-state index is 6.22. The number of rotatable bonds is 5. The van der Waals surface area contributed by atoms with Gasteiger partial charge in [-0.05, 0) is 60.3 Å². The summed E-state index contributed by atoms with van der Waals surface area (Å²) in [7, 11) is 0. The number of ether oxygens (including phenoxy) is 1.